The minimum absolute atomic E-state index is 0.00280. The first-order valence-electron chi connectivity index (χ1n) is 5.67. The van der Waals surface area contributed by atoms with Crippen molar-refractivity contribution in [3.05, 3.63) is 0 Å². The second kappa shape index (κ2) is 6.46. The van der Waals surface area contributed by atoms with Crippen molar-refractivity contribution >= 4 is 15.8 Å². The van der Waals surface area contributed by atoms with Crippen LogP contribution >= 0.6 is 0 Å². The van der Waals surface area contributed by atoms with Crippen LogP contribution in [-0.2, 0) is 19.4 Å². The van der Waals surface area contributed by atoms with Crippen LogP contribution in [0.3, 0.4) is 0 Å². The molecule has 1 aliphatic heterocycles. The van der Waals surface area contributed by atoms with Crippen molar-refractivity contribution in [3.8, 4) is 0 Å². The van der Waals surface area contributed by atoms with Crippen LogP contribution in [0.1, 0.15) is 6.42 Å². The molecule has 0 aromatic heterocycles. The van der Waals surface area contributed by atoms with E-state index in [9.17, 15) is 18.3 Å². The molecule has 0 saturated carbocycles. The number of methoxy groups -OCH3 is 1. The van der Waals surface area contributed by atoms with E-state index in [1.54, 1.807) is 4.90 Å². The van der Waals surface area contributed by atoms with Gasteiger partial charge in [0.05, 0.1) is 30.6 Å². The van der Waals surface area contributed by atoms with E-state index in [1.165, 1.54) is 7.11 Å². The molecule has 0 amide bonds. The van der Waals surface area contributed by atoms with Crippen LogP contribution in [0.5, 0.6) is 0 Å². The fourth-order valence-corrected chi connectivity index (χ4v) is 3.66. The summed E-state index contributed by atoms with van der Waals surface area (Å²) in [5, 5.41) is 18.4. The topological polar surface area (TPSA) is 104 Å². The van der Waals surface area contributed by atoms with E-state index in [-0.39, 0.29) is 37.6 Å². The molecule has 0 radical (unpaired) electrons. The summed E-state index contributed by atoms with van der Waals surface area (Å²) in [5.41, 5.74) is 0. The molecule has 0 aromatic rings. The lowest BCUT2D eigenvalue weighted by Gasteiger charge is -2.35. The van der Waals surface area contributed by atoms with Gasteiger partial charge in [-0.2, -0.15) is 0 Å². The smallest absolute Gasteiger partial charge is 0.304 e. The summed E-state index contributed by atoms with van der Waals surface area (Å²) in [6.45, 7) is 0.616. The Morgan fingerprint density at radius 3 is 2.78 bits per heavy atom. The molecule has 2 N–H and O–H groups in total. The number of nitrogens with zero attached hydrogens (tertiary/aromatic N) is 1. The first-order chi connectivity index (χ1) is 8.34. The zero-order chi connectivity index (χ0) is 13.8. The molecule has 0 aromatic carbocycles. The molecule has 1 heterocycles. The Balaban J connectivity index is 2.66. The standard InChI is InChI=1S/C10H19NO6S/c1-17-6-9(12)5-11-2-3-18(15,16)7-8(11)4-10(13)14/h8-9,12H,2-7H2,1H3,(H,13,14). The van der Waals surface area contributed by atoms with Crippen molar-refractivity contribution in [2.75, 3.05) is 38.3 Å². The monoisotopic (exact) mass is 281 g/mol. The van der Waals surface area contributed by atoms with Gasteiger partial charge in [0.25, 0.3) is 0 Å². The molecular formula is C10H19NO6S. The summed E-state index contributed by atoms with van der Waals surface area (Å²) in [6, 6.07) is -0.576. The van der Waals surface area contributed by atoms with E-state index in [1.807, 2.05) is 0 Å². The molecule has 0 spiro atoms. The molecule has 1 fully saturated rings. The molecule has 1 rings (SSSR count). The van der Waals surface area contributed by atoms with Crippen molar-refractivity contribution < 1.29 is 28.2 Å². The van der Waals surface area contributed by atoms with E-state index < -0.39 is 28.0 Å². The lowest BCUT2D eigenvalue weighted by Crippen LogP contribution is -2.52. The Bertz CT molecular complexity index is 382. The van der Waals surface area contributed by atoms with Gasteiger partial charge in [-0.1, -0.05) is 0 Å². The maximum Gasteiger partial charge on any atom is 0.304 e. The molecule has 1 saturated heterocycles. The first-order valence-corrected chi connectivity index (χ1v) is 7.49. The van der Waals surface area contributed by atoms with Gasteiger partial charge in [0, 0.05) is 26.2 Å². The van der Waals surface area contributed by atoms with Crippen molar-refractivity contribution in [1.29, 1.82) is 0 Å². The highest BCUT2D eigenvalue weighted by Gasteiger charge is 2.33. The number of aliphatic hydroxyl groups is 1. The van der Waals surface area contributed by atoms with Crippen LogP contribution in [0, 0.1) is 0 Å². The van der Waals surface area contributed by atoms with Crippen LogP contribution in [0.15, 0.2) is 0 Å². The van der Waals surface area contributed by atoms with Crippen molar-refractivity contribution in [3.63, 3.8) is 0 Å². The van der Waals surface area contributed by atoms with E-state index in [4.69, 9.17) is 9.84 Å². The number of carbonyl (C=O) groups is 1. The molecule has 18 heavy (non-hydrogen) atoms. The molecule has 0 aliphatic carbocycles. The van der Waals surface area contributed by atoms with Gasteiger partial charge in [0.15, 0.2) is 9.84 Å². The molecule has 2 atom stereocenters. The highest BCUT2D eigenvalue weighted by atomic mass is 32.2. The number of aliphatic hydroxyl groups excluding tert-OH is 1. The van der Waals surface area contributed by atoms with E-state index in [2.05, 4.69) is 0 Å². The average molecular weight is 281 g/mol. The maximum absolute atomic E-state index is 11.5. The molecule has 8 heteroatoms. The van der Waals surface area contributed by atoms with E-state index in [0.717, 1.165) is 0 Å². The maximum atomic E-state index is 11.5. The lowest BCUT2D eigenvalue weighted by molar-refractivity contribution is -0.138. The van der Waals surface area contributed by atoms with Crippen LogP contribution in [0.25, 0.3) is 0 Å². The summed E-state index contributed by atoms with van der Waals surface area (Å²) in [7, 11) is -1.72. The largest absolute Gasteiger partial charge is 0.481 e. The highest BCUT2D eigenvalue weighted by Crippen LogP contribution is 2.15. The SMILES string of the molecule is COCC(O)CN1CCS(=O)(=O)CC1CC(=O)O. The Hall–Kier alpha value is -0.700. The Morgan fingerprint density at radius 2 is 2.22 bits per heavy atom. The number of rotatable bonds is 6. The second-order valence-electron chi connectivity index (χ2n) is 4.47. The van der Waals surface area contributed by atoms with Crippen LogP contribution in [-0.4, -0.2) is 80.0 Å². The number of β-amino-alcohol motifs (C(OH)–C–C–N with tert-alkyl or cyclic N) is 1. The number of sulfone groups is 1. The number of ether oxygens (including phenoxy) is 1. The predicted octanol–water partition coefficient (Wildman–Crippen LogP) is -1.43. The Kier molecular flexibility index (Phi) is 5.51. The average Bonchev–Trinajstić information content (AvgIpc) is 2.21. The quantitative estimate of drug-likeness (QED) is 0.615. The highest BCUT2D eigenvalue weighted by molar-refractivity contribution is 7.91. The van der Waals surface area contributed by atoms with Crippen LogP contribution < -0.4 is 0 Å². The molecule has 2 unspecified atom stereocenters. The van der Waals surface area contributed by atoms with Crippen molar-refractivity contribution in [2.45, 2.75) is 18.6 Å². The minimum Gasteiger partial charge on any atom is -0.481 e. The van der Waals surface area contributed by atoms with E-state index >= 15 is 0 Å². The van der Waals surface area contributed by atoms with Gasteiger partial charge < -0.3 is 14.9 Å². The normalized spacial score (nSPS) is 25.8. The summed E-state index contributed by atoms with van der Waals surface area (Å²) in [5.74, 6) is -1.20. The third kappa shape index (κ3) is 4.89. The number of carboxylic acid groups (broad SMARTS) is 1. The van der Waals surface area contributed by atoms with E-state index in [0.29, 0.717) is 0 Å². The molecular weight excluding hydrogens is 262 g/mol. The summed E-state index contributed by atoms with van der Waals surface area (Å²) in [4.78, 5) is 12.4. The summed E-state index contributed by atoms with van der Waals surface area (Å²) >= 11 is 0. The van der Waals surface area contributed by atoms with Gasteiger partial charge >= 0.3 is 5.97 Å². The van der Waals surface area contributed by atoms with Gasteiger partial charge in [-0.25, -0.2) is 8.42 Å². The van der Waals surface area contributed by atoms with Gasteiger partial charge in [0.1, 0.15) is 0 Å². The molecule has 1 aliphatic rings. The van der Waals surface area contributed by atoms with Crippen LogP contribution in [0.2, 0.25) is 0 Å². The Labute approximate surface area is 106 Å². The number of carboxylic acids is 1. The number of aliphatic carboxylic acids is 1. The zero-order valence-corrected chi connectivity index (χ0v) is 11.1. The zero-order valence-electron chi connectivity index (χ0n) is 10.3. The third-order valence-corrected chi connectivity index (χ3v) is 4.56. The number of hydrogen-bond donors (Lipinski definition) is 2. The second-order valence-corrected chi connectivity index (χ2v) is 6.70. The fraction of sp³-hybridized carbons (Fsp3) is 0.900. The minimum atomic E-state index is -3.18. The fourth-order valence-electron chi connectivity index (χ4n) is 2.07. The van der Waals surface area contributed by atoms with Crippen molar-refractivity contribution in [2.24, 2.45) is 0 Å². The Morgan fingerprint density at radius 1 is 1.56 bits per heavy atom. The molecule has 7 nitrogen and oxygen atoms in total. The van der Waals surface area contributed by atoms with Gasteiger partial charge in [-0.3, -0.25) is 9.69 Å². The third-order valence-electron chi connectivity index (χ3n) is 2.87. The molecule has 0 bridgehead atoms. The lowest BCUT2D eigenvalue weighted by atomic mass is 10.2. The predicted molar refractivity (Wildman–Crippen MR) is 64.2 cm³/mol. The van der Waals surface area contributed by atoms with Gasteiger partial charge in [-0.05, 0) is 0 Å². The summed E-state index contributed by atoms with van der Waals surface area (Å²) < 4.78 is 27.8. The van der Waals surface area contributed by atoms with Gasteiger partial charge in [0.2, 0.25) is 0 Å². The molecule has 106 valence electrons. The first kappa shape index (κ1) is 15.4. The van der Waals surface area contributed by atoms with Crippen LogP contribution in [0.4, 0.5) is 0 Å². The van der Waals surface area contributed by atoms with Crippen molar-refractivity contribution in [1.82, 2.24) is 4.90 Å². The van der Waals surface area contributed by atoms with Gasteiger partial charge in [-0.15, -0.1) is 0 Å². The number of hydrogen-bond acceptors (Lipinski definition) is 6. The summed E-state index contributed by atoms with van der Waals surface area (Å²) in [6.07, 6.45) is -0.981.